The number of nitrogen functional groups attached to an aromatic ring is 1. The van der Waals surface area contributed by atoms with Gasteiger partial charge in [-0.3, -0.25) is 19.4 Å². The number of hydrogen-bond donors (Lipinski definition) is 5. The Kier molecular flexibility index (Phi) is 8.99. The molecule has 0 aliphatic rings. The Bertz CT molecular complexity index is 1400. The zero-order valence-corrected chi connectivity index (χ0v) is 20.5. The van der Waals surface area contributed by atoms with E-state index in [0.29, 0.717) is 36.0 Å². The Morgan fingerprint density at radius 3 is 2.73 bits per heavy atom. The maximum atomic E-state index is 12.6. The molecule has 194 valence electrons. The number of amides is 1. The molecule has 6 N–H and O–H groups in total. The van der Waals surface area contributed by atoms with E-state index in [2.05, 4.69) is 37.1 Å². The third-order valence-electron chi connectivity index (χ3n) is 5.46. The van der Waals surface area contributed by atoms with Gasteiger partial charge < -0.3 is 25.9 Å². The first kappa shape index (κ1) is 26.9. The van der Waals surface area contributed by atoms with Gasteiger partial charge in [-0.25, -0.2) is 9.78 Å². The lowest BCUT2D eigenvalue weighted by atomic mass is 10.1. The molecule has 0 aliphatic heterocycles. The molecule has 0 bridgehead atoms. The number of aromatic nitrogens is 4. The van der Waals surface area contributed by atoms with Gasteiger partial charge in [-0.2, -0.15) is 4.98 Å². The van der Waals surface area contributed by atoms with Gasteiger partial charge >= 0.3 is 11.9 Å². The Morgan fingerprint density at radius 1 is 1.27 bits per heavy atom. The number of nitrogens with two attached hydrogens (primary N) is 1. The zero-order valence-electron chi connectivity index (χ0n) is 20.5. The summed E-state index contributed by atoms with van der Waals surface area (Å²) in [5.41, 5.74) is 7.07. The summed E-state index contributed by atoms with van der Waals surface area (Å²) < 4.78 is 5.26. The SMILES string of the molecule is CCC(C)OC(=O)C(CCC(=O)O)NC(=O)c1ccc(C#CCCc2cc3c(=O)[nH]c(N)nc3[nH]2)nc1. The highest BCUT2D eigenvalue weighted by atomic mass is 16.5. The highest BCUT2D eigenvalue weighted by Gasteiger charge is 2.25. The van der Waals surface area contributed by atoms with E-state index in [1.165, 1.54) is 12.3 Å². The maximum absolute atomic E-state index is 12.6. The average Bonchev–Trinajstić information content (AvgIpc) is 3.27. The summed E-state index contributed by atoms with van der Waals surface area (Å²) in [6.45, 7) is 3.56. The van der Waals surface area contributed by atoms with Crippen molar-refractivity contribution in [1.29, 1.82) is 0 Å². The number of nitrogens with zero attached hydrogens (tertiary/aromatic N) is 2. The first-order valence-corrected chi connectivity index (χ1v) is 11.7. The minimum absolute atomic E-state index is 0.0377. The fourth-order valence-electron chi connectivity index (χ4n) is 3.30. The highest BCUT2D eigenvalue weighted by molar-refractivity contribution is 5.96. The second kappa shape index (κ2) is 12.3. The summed E-state index contributed by atoms with van der Waals surface area (Å²) in [7, 11) is 0. The van der Waals surface area contributed by atoms with Crippen molar-refractivity contribution in [3.8, 4) is 11.8 Å². The van der Waals surface area contributed by atoms with Gasteiger partial charge in [0, 0.05) is 24.7 Å². The highest BCUT2D eigenvalue weighted by Crippen LogP contribution is 2.11. The van der Waals surface area contributed by atoms with Gasteiger partial charge in [-0.1, -0.05) is 12.8 Å². The van der Waals surface area contributed by atoms with E-state index in [-0.39, 0.29) is 36.0 Å². The van der Waals surface area contributed by atoms with Gasteiger partial charge in [0.25, 0.3) is 11.5 Å². The van der Waals surface area contributed by atoms with Crippen LogP contribution in [0.5, 0.6) is 0 Å². The van der Waals surface area contributed by atoms with Crippen LogP contribution in [0.15, 0.2) is 29.2 Å². The predicted molar refractivity (Wildman–Crippen MR) is 135 cm³/mol. The fourth-order valence-corrected chi connectivity index (χ4v) is 3.30. The number of carboxylic acid groups (broad SMARTS) is 1. The molecule has 3 heterocycles. The van der Waals surface area contributed by atoms with E-state index in [9.17, 15) is 19.2 Å². The van der Waals surface area contributed by atoms with Crippen LogP contribution in [0.25, 0.3) is 11.0 Å². The second-order valence-electron chi connectivity index (χ2n) is 8.36. The predicted octanol–water partition coefficient (Wildman–Crippen LogP) is 1.52. The Balaban J connectivity index is 1.58. The lowest BCUT2D eigenvalue weighted by molar-refractivity contribution is -0.151. The van der Waals surface area contributed by atoms with Crippen molar-refractivity contribution in [2.45, 2.75) is 58.1 Å². The monoisotopic (exact) mass is 508 g/mol. The van der Waals surface area contributed by atoms with Gasteiger partial charge in [0.15, 0.2) is 0 Å². The van der Waals surface area contributed by atoms with Crippen LogP contribution in [0.3, 0.4) is 0 Å². The minimum atomic E-state index is -1.09. The number of carbonyl (C=O) groups is 3. The van der Waals surface area contributed by atoms with Crippen molar-refractivity contribution in [3.05, 3.63) is 51.7 Å². The molecular formula is C25H28N6O6. The standard InChI is InChI=1S/C25H28N6O6/c1-3-14(2)37-24(36)19(10-11-20(32)33)29-22(34)15-8-9-16(27-13-15)6-4-5-7-17-12-18-21(28-17)30-25(26)31-23(18)35/h8-9,12-14,19H,3,5,7,10-11H2,1-2H3,(H,29,34)(H,32,33)(H4,26,28,30,31,35). The van der Waals surface area contributed by atoms with Gasteiger partial charge in [-0.15, -0.1) is 0 Å². The largest absolute Gasteiger partial charge is 0.481 e. The van der Waals surface area contributed by atoms with E-state index in [1.807, 2.05) is 6.92 Å². The molecule has 2 atom stereocenters. The number of anilines is 1. The molecule has 0 aliphatic carbocycles. The summed E-state index contributed by atoms with van der Waals surface area (Å²) in [5.74, 6) is 3.59. The number of fused-ring (bicyclic) bond motifs is 1. The van der Waals surface area contributed by atoms with E-state index in [4.69, 9.17) is 15.6 Å². The summed E-state index contributed by atoms with van der Waals surface area (Å²) in [5, 5.41) is 11.9. The van der Waals surface area contributed by atoms with Crippen molar-refractivity contribution < 1.29 is 24.2 Å². The van der Waals surface area contributed by atoms with E-state index in [1.54, 1.807) is 19.1 Å². The quantitative estimate of drug-likeness (QED) is 0.199. The van der Waals surface area contributed by atoms with Crippen LogP contribution in [0.2, 0.25) is 0 Å². The third-order valence-corrected chi connectivity index (χ3v) is 5.46. The molecular weight excluding hydrogens is 480 g/mol. The number of pyridine rings is 1. The molecule has 0 radical (unpaired) electrons. The molecule has 0 saturated carbocycles. The number of esters is 1. The number of rotatable bonds is 10. The van der Waals surface area contributed by atoms with Crippen LogP contribution < -0.4 is 16.6 Å². The van der Waals surface area contributed by atoms with E-state index >= 15 is 0 Å². The van der Waals surface area contributed by atoms with Crippen molar-refractivity contribution >= 4 is 34.8 Å². The number of ether oxygens (including phenoxy) is 1. The molecule has 3 aromatic heterocycles. The molecule has 12 nitrogen and oxygen atoms in total. The Hall–Kier alpha value is -4.66. The Labute approximate surface area is 212 Å². The maximum Gasteiger partial charge on any atom is 0.328 e. The molecule has 3 aromatic rings. The number of aromatic amines is 2. The summed E-state index contributed by atoms with van der Waals surface area (Å²) in [6.07, 6.45) is 2.19. The summed E-state index contributed by atoms with van der Waals surface area (Å²) in [6, 6.07) is 3.70. The van der Waals surface area contributed by atoms with Crippen molar-refractivity contribution in [2.24, 2.45) is 0 Å². The van der Waals surface area contributed by atoms with Gasteiger partial charge in [-0.05, 0) is 50.3 Å². The molecule has 0 aromatic carbocycles. The molecule has 0 saturated heterocycles. The van der Waals surface area contributed by atoms with Crippen LogP contribution in [0.1, 0.15) is 61.3 Å². The molecule has 37 heavy (non-hydrogen) atoms. The lowest BCUT2D eigenvalue weighted by Gasteiger charge is -2.19. The number of hydrogen-bond acceptors (Lipinski definition) is 8. The topological polar surface area (TPSA) is 193 Å². The molecule has 12 heteroatoms. The average molecular weight is 509 g/mol. The van der Waals surface area contributed by atoms with E-state index in [0.717, 1.165) is 5.69 Å². The molecule has 2 unspecified atom stereocenters. The molecule has 1 amide bonds. The van der Waals surface area contributed by atoms with Crippen LogP contribution in [-0.2, 0) is 20.7 Å². The fraction of sp³-hybridized carbons (Fsp3) is 0.360. The zero-order chi connectivity index (χ0) is 26.9. The third kappa shape index (κ3) is 7.66. The first-order valence-electron chi connectivity index (χ1n) is 11.7. The van der Waals surface area contributed by atoms with Gasteiger partial charge in [0.1, 0.15) is 17.4 Å². The number of carboxylic acids is 1. The molecule has 0 spiro atoms. The number of aliphatic carboxylic acids is 1. The van der Waals surface area contributed by atoms with Crippen LogP contribution in [0, 0.1) is 11.8 Å². The smallest absolute Gasteiger partial charge is 0.328 e. The molecule has 0 fully saturated rings. The normalized spacial score (nSPS) is 12.3. The summed E-state index contributed by atoms with van der Waals surface area (Å²) >= 11 is 0. The second-order valence-corrected chi connectivity index (χ2v) is 8.36. The van der Waals surface area contributed by atoms with Crippen LogP contribution >= 0.6 is 0 Å². The number of aryl methyl sites for hydroxylation is 1. The van der Waals surface area contributed by atoms with Crippen molar-refractivity contribution in [1.82, 2.24) is 25.3 Å². The summed E-state index contributed by atoms with van der Waals surface area (Å²) in [4.78, 5) is 61.6. The number of H-pyrrole nitrogens is 2. The number of nitrogens with one attached hydrogen (secondary N) is 3. The van der Waals surface area contributed by atoms with Crippen molar-refractivity contribution in [2.75, 3.05) is 5.73 Å². The van der Waals surface area contributed by atoms with Gasteiger partial charge in [0.05, 0.1) is 17.1 Å². The van der Waals surface area contributed by atoms with E-state index < -0.39 is 23.9 Å². The number of carbonyl (C=O) groups excluding carboxylic acids is 2. The van der Waals surface area contributed by atoms with Gasteiger partial charge in [0.2, 0.25) is 5.95 Å². The van der Waals surface area contributed by atoms with Crippen LogP contribution in [0.4, 0.5) is 5.95 Å². The molecule has 3 rings (SSSR count). The Morgan fingerprint density at radius 2 is 2.05 bits per heavy atom. The first-order chi connectivity index (χ1) is 17.7. The van der Waals surface area contributed by atoms with Crippen molar-refractivity contribution in [3.63, 3.8) is 0 Å². The lowest BCUT2D eigenvalue weighted by Crippen LogP contribution is -2.43. The minimum Gasteiger partial charge on any atom is -0.481 e. The van der Waals surface area contributed by atoms with Crippen LogP contribution in [-0.4, -0.2) is 55.0 Å².